The van der Waals surface area contributed by atoms with Crippen molar-refractivity contribution in [3.05, 3.63) is 0 Å². The van der Waals surface area contributed by atoms with E-state index in [0.29, 0.717) is 26.4 Å². The van der Waals surface area contributed by atoms with Crippen LogP contribution in [0.2, 0.25) is 0 Å². The Kier molecular flexibility index (Phi) is 18.4. The van der Waals surface area contributed by atoms with Gasteiger partial charge in [-0.05, 0) is 38.5 Å². The maximum atomic E-state index is 6.38. The van der Waals surface area contributed by atoms with Gasteiger partial charge in [-0.15, -0.1) is 0 Å². The van der Waals surface area contributed by atoms with Gasteiger partial charge in [-0.25, -0.2) is 5.32 Å². The molecule has 0 amide bonds. The molecule has 5 heteroatoms. The van der Waals surface area contributed by atoms with E-state index in [4.69, 9.17) is 18.9 Å². The third kappa shape index (κ3) is 13.0. The fourth-order valence-electron chi connectivity index (χ4n) is 3.12. The molecule has 0 radical (unpaired) electrons. The lowest BCUT2D eigenvalue weighted by molar-refractivity contribution is -0.348. The number of unbranched alkanes of at least 4 members (excludes halogenated alkanes) is 4. The molecule has 0 unspecified atom stereocenters. The SMILES string of the molecule is CCCCOC(CCC)(NC(CCC)(OCCCC)OCCCC)OCCCC. The van der Waals surface area contributed by atoms with Gasteiger partial charge >= 0.3 is 0 Å². The van der Waals surface area contributed by atoms with E-state index in [2.05, 4.69) is 46.9 Å². The van der Waals surface area contributed by atoms with Gasteiger partial charge in [0.2, 0.25) is 11.8 Å². The number of rotatable bonds is 22. The Labute approximate surface area is 181 Å². The second-order valence-electron chi connectivity index (χ2n) is 7.94. The lowest BCUT2D eigenvalue weighted by Crippen LogP contribution is -2.63. The van der Waals surface area contributed by atoms with E-state index in [-0.39, 0.29) is 0 Å². The van der Waals surface area contributed by atoms with Crippen molar-refractivity contribution in [3.8, 4) is 0 Å². The van der Waals surface area contributed by atoms with Gasteiger partial charge < -0.3 is 18.9 Å². The molecule has 5 nitrogen and oxygen atoms in total. The van der Waals surface area contributed by atoms with E-state index in [1.807, 2.05) is 0 Å². The maximum Gasteiger partial charge on any atom is 0.231 e. The van der Waals surface area contributed by atoms with Gasteiger partial charge in [-0.3, -0.25) is 0 Å². The Morgan fingerprint density at radius 3 is 0.931 bits per heavy atom. The number of ether oxygens (including phenoxy) is 4. The first-order valence-electron chi connectivity index (χ1n) is 12.4. The summed E-state index contributed by atoms with van der Waals surface area (Å²) in [6, 6.07) is 0. The molecule has 0 saturated carbocycles. The Bertz CT molecular complexity index is 300. The van der Waals surface area contributed by atoms with Crippen molar-refractivity contribution in [3.63, 3.8) is 0 Å². The van der Waals surface area contributed by atoms with Gasteiger partial charge in [-0.2, -0.15) is 0 Å². The monoisotopic (exact) mass is 417 g/mol. The first-order valence-corrected chi connectivity index (χ1v) is 12.4. The van der Waals surface area contributed by atoms with Crippen molar-refractivity contribution in [1.82, 2.24) is 5.32 Å². The molecule has 0 atom stereocenters. The summed E-state index contributed by atoms with van der Waals surface area (Å²) in [5.41, 5.74) is 0. The van der Waals surface area contributed by atoms with Crippen molar-refractivity contribution < 1.29 is 18.9 Å². The van der Waals surface area contributed by atoms with Crippen molar-refractivity contribution in [2.24, 2.45) is 0 Å². The quantitative estimate of drug-likeness (QED) is 0.156. The predicted octanol–water partition coefficient (Wildman–Crippen LogP) is 6.75. The fourth-order valence-corrected chi connectivity index (χ4v) is 3.12. The first-order chi connectivity index (χ1) is 14.1. The molecule has 0 heterocycles. The molecule has 1 N–H and O–H groups in total. The van der Waals surface area contributed by atoms with Crippen LogP contribution in [0.5, 0.6) is 0 Å². The Morgan fingerprint density at radius 1 is 0.448 bits per heavy atom. The molecule has 0 rings (SSSR count). The molecule has 0 bridgehead atoms. The fraction of sp³-hybridized carbons (Fsp3) is 1.00. The van der Waals surface area contributed by atoms with Crippen molar-refractivity contribution in [2.75, 3.05) is 26.4 Å². The predicted molar refractivity (Wildman–Crippen MR) is 122 cm³/mol. The number of hydrogen-bond acceptors (Lipinski definition) is 5. The summed E-state index contributed by atoms with van der Waals surface area (Å²) in [5, 5.41) is 3.63. The molecule has 176 valence electrons. The summed E-state index contributed by atoms with van der Waals surface area (Å²) >= 11 is 0. The van der Waals surface area contributed by atoms with Gasteiger partial charge in [0.1, 0.15) is 0 Å². The minimum atomic E-state index is -0.868. The van der Waals surface area contributed by atoms with E-state index >= 15 is 0 Å². The molecule has 0 aromatic heterocycles. The molecule has 0 spiro atoms. The molecule has 0 aliphatic rings. The highest BCUT2D eigenvalue weighted by Gasteiger charge is 2.43. The molecule has 0 aromatic carbocycles. The van der Waals surface area contributed by atoms with E-state index in [0.717, 1.165) is 77.0 Å². The highest BCUT2D eigenvalue weighted by atomic mass is 16.8. The van der Waals surface area contributed by atoms with Gasteiger partial charge in [0.25, 0.3) is 0 Å². The van der Waals surface area contributed by atoms with Gasteiger partial charge in [-0.1, -0.05) is 67.2 Å². The maximum absolute atomic E-state index is 6.38. The average molecular weight is 418 g/mol. The van der Waals surface area contributed by atoms with Gasteiger partial charge in [0, 0.05) is 12.8 Å². The third-order valence-electron chi connectivity index (χ3n) is 4.87. The number of hydrogen-bond donors (Lipinski definition) is 1. The minimum Gasteiger partial charge on any atom is -0.337 e. The zero-order chi connectivity index (χ0) is 21.8. The molecular formula is C24H51NO4. The van der Waals surface area contributed by atoms with Crippen LogP contribution in [0.15, 0.2) is 0 Å². The first kappa shape index (κ1) is 28.8. The van der Waals surface area contributed by atoms with Crippen LogP contribution in [-0.4, -0.2) is 38.2 Å². The molecule has 0 aliphatic heterocycles. The average Bonchev–Trinajstić information content (AvgIpc) is 2.69. The molecule has 0 aromatic rings. The van der Waals surface area contributed by atoms with E-state index in [1.54, 1.807) is 0 Å². The largest absolute Gasteiger partial charge is 0.337 e. The summed E-state index contributed by atoms with van der Waals surface area (Å²) < 4.78 is 25.5. The molecular weight excluding hydrogens is 366 g/mol. The van der Waals surface area contributed by atoms with E-state index in [1.165, 1.54) is 0 Å². The Morgan fingerprint density at radius 2 is 0.724 bits per heavy atom. The highest BCUT2D eigenvalue weighted by Crippen LogP contribution is 2.28. The second kappa shape index (κ2) is 18.6. The zero-order valence-electron chi connectivity index (χ0n) is 20.4. The van der Waals surface area contributed by atoms with Crippen LogP contribution in [0.1, 0.15) is 119 Å². The van der Waals surface area contributed by atoms with Gasteiger partial charge in [0.05, 0.1) is 26.4 Å². The van der Waals surface area contributed by atoms with Crippen molar-refractivity contribution >= 4 is 0 Å². The Balaban J connectivity index is 5.62. The van der Waals surface area contributed by atoms with Crippen LogP contribution in [0.4, 0.5) is 0 Å². The molecule has 0 saturated heterocycles. The summed E-state index contributed by atoms with van der Waals surface area (Å²) in [7, 11) is 0. The highest BCUT2D eigenvalue weighted by molar-refractivity contribution is 4.77. The van der Waals surface area contributed by atoms with Crippen LogP contribution in [0.25, 0.3) is 0 Å². The van der Waals surface area contributed by atoms with Crippen LogP contribution in [0.3, 0.4) is 0 Å². The lowest BCUT2D eigenvalue weighted by atomic mass is 10.2. The summed E-state index contributed by atoms with van der Waals surface area (Å²) in [4.78, 5) is 0. The summed E-state index contributed by atoms with van der Waals surface area (Å²) in [5.74, 6) is -1.74. The topological polar surface area (TPSA) is 49.0 Å². The summed E-state index contributed by atoms with van der Waals surface area (Å²) in [6.07, 6.45) is 11.9. The standard InChI is InChI=1S/C24H51NO4/c1-7-13-19-26-23(17-11-5,27-20-14-8-2)25-24(18-12-6,28-21-15-9-3)29-22-16-10-4/h25H,7-22H2,1-6H3. The minimum absolute atomic E-state index is 0.668. The zero-order valence-corrected chi connectivity index (χ0v) is 20.4. The normalized spacial score (nSPS) is 12.6. The molecule has 0 aliphatic carbocycles. The van der Waals surface area contributed by atoms with Crippen molar-refractivity contribution in [1.29, 1.82) is 0 Å². The van der Waals surface area contributed by atoms with Gasteiger partial charge in [0.15, 0.2) is 0 Å². The van der Waals surface area contributed by atoms with Crippen LogP contribution < -0.4 is 5.32 Å². The van der Waals surface area contributed by atoms with E-state index in [9.17, 15) is 0 Å². The number of nitrogens with one attached hydrogen (secondary N) is 1. The second-order valence-corrected chi connectivity index (χ2v) is 7.94. The Hall–Kier alpha value is -0.200. The van der Waals surface area contributed by atoms with Crippen molar-refractivity contribution in [2.45, 2.75) is 130 Å². The van der Waals surface area contributed by atoms with E-state index < -0.39 is 11.8 Å². The summed E-state index contributed by atoms with van der Waals surface area (Å²) in [6.45, 7) is 15.7. The molecule has 29 heavy (non-hydrogen) atoms. The third-order valence-corrected chi connectivity index (χ3v) is 4.87. The smallest absolute Gasteiger partial charge is 0.231 e. The van der Waals surface area contributed by atoms with Crippen LogP contribution >= 0.6 is 0 Å². The lowest BCUT2D eigenvalue weighted by Gasteiger charge is -2.44. The van der Waals surface area contributed by atoms with Crippen LogP contribution in [0, 0.1) is 0 Å². The van der Waals surface area contributed by atoms with Crippen LogP contribution in [-0.2, 0) is 18.9 Å². The molecule has 0 fully saturated rings.